The lowest BCUT2D eigenvalue weighted by molar-refractivity contribution is -0.659. The molecule has 0 bridgehead atoms. The van der Waals surface area contributed by atoms with Crippen LogP contribution in [0.5, 0.6) is 0 Å². The molecule has 9 heteroatoms. The number of pyridine rings is 1. The van der Waals surface area contributed by atoms with Crippen molar-refractivity contribution in [1.82, 2.24) is 23.7 Å². The minimum absolute atomic E-state index is 0. The molecule has 0 spiro atoms. The van der Waals surface area contributed by atoms with E-state index in [1.165, 1.54) is 11.1 Å². The summed E-state index contributed by atoms with van der Waals surface area (Å²) in [5, 5.41) is 10.8. The number of benzene rings is 2. The van der Waals surface area contributed by atoms with E-state index in [1.807, 2.05) is 23.0 Å². The maximum Gasteiger partial charge on any atom is 0.266 e. The van der Waals surface area contributed by atoms with E-state index >= 15 is 0 Å². The second-order valence-corrected chi connectivity index (χ2v) is 14.4. The topological polar surface area (TPSA) is 74.7 Å². The average Bonchev–Trinajstić information content (AvgIpc) is 3.73. The molecule has 0 radical (unpaired) electrons. The van der Waals surface area contributed by atoms with Crippen molar-refractivity contribution in [3.05, 3.63) is 90.1 Å². The second-order valence-electron chi connectivity index (χ2n) is 14.4. The van der Waals surface area contributed by atoms with E-state index in [1.54, 1.807) is 6.20 Å². The first-order chi connectivity index (χ1) is 22.1. The Morgan fingerprint density at radius 3 is 1.91 bits per heavy atom. The zero-order valence-electron chi connectivity index (χ0n) is 28.1. The van der Waals surface area contributed by atoms with Gasteiger partial charge < -0.3 is 28.7 Å². The van der Waals surface area contributed by atoms with E-state index in [9.17, 15) is 5.26 Å². The molecule has 242 valence electrons. The van der Waals surface area contributed by atoms with Gasteiger partial charge in [-0.2, -0.15) is 9.83 Å². The molecule has 0 amide bonds. The number of hydrogen-bond acceptors (Lipinski definition) is 5. The quantitative estimate of drug-likeness (QED) is 0.200. The first kappa shape index (κ1) is 33.1. The van der Waals surface area contributed by atoms with Gasteiger partial charge >= 0.3 is 0 Å². The van der Waals surface area contributed by atoms with Crippen molar-refractivity contribution in [3.63, 3.8) is 0 Å². The van der Waals surface area contributed by atoms with Crippen LogP contribution < -0.4 is 28.5 Å². The van der Waals surface area contributed by atoms with Crippen LogP contribution in [0.1, 0.15) is 58.4 Å². The first-order valence-corrected chi connectivity index (χ1v) is 16.2. The highest BCUT2D eigenvalue weighted by Crippen LogP contribution is 2.37. The third-order valence-electron chi connectivity index (χ3n) is 9.34. The maximum atomic E-state index is 10.8. The molecule has 1 saturated heterocycles. The molecule has 4 aromatic heterocycles. The molecule has 5 heterocycles. The maximum absolute atomic E-state index is 10.8. The van der Waals surface area contributed by atoms with E-state index in [0.717, 1.165) is 77.6 Å². The molecule has 1 aliphatic heterocycles. The molecule has 0 atom stereocenters. The van der Waals surface area contributed by atoms with Crippen LogP contribution in [0.3, 0.4) is 0 Å². The summed E-state index contributed by atoms with van der Waals surface area (Å²) in [6, 6.07) is 20.2. The lowest BCUT2D eigenvalue weighted by Crippen LogP contribution is -3.00. The van der Waals surface area contributed by atoms with E-state index < -0.39 is 0 Å². The minimum Gasteiger partial charge on any atom is -1.00 e. The molecule has 0 aliphatic carbocycles. The van der Waals surface area contributed by atoms with Gasteiger partial charge in [0.25, 0.3) is 11.2 Å². The molecular formula is C38H42IN7O. The number of nitrogens with zero attached hydrogens (tertiary/aromatic N) is 7. The summed E-state index contributed by atoms with van der Waals surface area (Å²) in [4.78, 5) is 12.2. The fraction of sp³-hybridized carbons (Fsp3) is 0.368. The Kier molecular flexibility index (Phi) is 8.89. The molecule has 0 unspecified atom stereocenters. The summed E-state index contributed by atoms with van der Waals surface area (Å²) in [5.41, 5.74) is 10.7. The highest BCUT2D eigenvalue weighted by Gasteiger charge is 2.32. The predicted octanol–water partition coefficient (Wildman–Crippen LogP) is 3.56. The van der Waals surface area contributed by atoms with Crippen LogP contribution in [0.4, 0.5) is 0 Å². The largest absolute Gasteiger partial charge is 1.00 e. The number of imidazole rings is 2. The van der Waals surface area contributed by atoms with Gasteiger partial charge in [-0.15, -0.1) is 0 Å². The van der Waals surface area contributed by atoms with Crippen molar-refractivity contribution >= 4 is 22.3 Å². The molecule has 47 heavy (non-hydrogen) atoms. The zero-order chi connectivity index (χ0) is 32.2. The fourth-order valence-corrected chi connectivity index (χ4v) is 6.71. The molecule has 0 saturated carbocycles. The van der Waals surface area contributed by atoms with Crippen molar-refractivity contribution in [2.24, 2.45) is 0 Å². The number of nitriles is 1. The number of aromatic nitrogens is 5. The van der Waals surface area contributed by atoms with Crippen LogP contribution >= 0.6 is 0 Å². The number of morpholine rings is 1. The lowest BCUT2D eigenvalue weighted by atomic mass is 9.86. The highest BCUT2D eigenvalue weighted by molar-refractivity contribution is 6.01. The summed E-state index contributed by atoms with van der Waals surface area (Å²) < 4.78 is 12.1. The molecule has 1 aliphatic rings. The Labute approximate surface area is 293 Å². The smallest absolute Gasteiger partial charge is 0.266 e. The van der Waals surface area contributed by atoms with Gasteiger partial charge in [0.15, 0.2) is 6.54 Å². The summed E-state index contributed by atoms with van der Waals surface area (Å²) in [5.74, 6) is 0. The average molecular weight is 740 g/mol. The summed E-state index contributed by atoms with van der Waals surface area (Å²) in [6.45, 7) is 18.2. The van der Waals surface area contributed by atoms with Crippen LogP contribution in [0.25, 0.3) is 44.7 Å². The predicted molar refractivity (Wildman–Crippen MR) is 182 cm³/mol. The van der Waals surface area contributed by atoms with Crippen LogP contribution in [0, 0.1) is 11.3 Å². The molecular weight excluding hydrogens is 697 g/mol. The van der Waals surface area contributed by atoms with E-state index in [0.29, 0.717) is 12.2 Å². The van der Waals surface area contributed by atoms with Crippen molar-refractivity contribution in [1.29, 1.82) is 5.26 Å². The molecule has 6 aromatic rings. The summed E-state index contributed by atoms with van der Waals surface area (Å²) >= 11 is 0. The van der Waals surface area contributed by atoms with E-state index in [2.05, 4.69) is 110 Å². The van der Waals surface area contributed by atoms with Gasteiger partial charge in [-0.25, -0.2) is 9.97 Å². The van der Waals surface area contributed by atoms with Gasteiger partial charge in [0, 0.05) is 37.9 Å². The van der Waals surface area contributed by atoms with Gasteiger partial charge in [0.1, 0.15) is 17.2 Å². The van der Waals surface area contributed by atoms with Crippen LogP contribution in [0.15, 0.2) is 73.3 Å². The molecule has 0 N–H and O–H groups in total. The fourth-order valence-electron chi connectivity index (χ4n) is 6.71. The third-order valence-corrected chi connectivity index (χ3v) is 9.34. The standard InChI is InChI=1S/C38H42N7O.HI/c1-37(2,3)28-11-7-26(8-12-28)31-34-33(30(25-39)43-17-15-40-35(31)43)44(20-19-42-21-23-46-24-22-42)32(36-41-16-18-45(34)36)27-9-13-29(14-10-27)38(4,5)6;/h7-18H,19-24H2,1-6H3;1H/q+1;/p-1. The van der Waals surface area contributed by atoms with Crippen LogP contribution in [-0.2, 0) is 22.1 Å². The Morgan fingerprint density at radius 2 is 1.34 bits per heavy atom. The SMILES string of the molecule is CC(C)(C)c1ccc(-c2c3nccn3c(C#N)c3c2n2ccnc2c(-c2ccc(C(C)(C)C)cc2)[n+]3CCN2CCOCC2)cc1.[I-]. The Hall–Kier alpha value is -3.85. The first-order valence-electron chi connectivity index (χ1n) is 16.2. The number of halogens is 1. The Morgan fingerprint density at radius 1 is 0.787 bits per heavy atom. The van der Waals surface area contributed by atoms with Crippen molar-refractivity contribution in [2.75, 3.05) is 32.8 Å². The van der Waals surface area contributed by atoms with Gasteiger partial charge in [-0.1, -0.05) is 77.9 Å². The molecule has 8 nitrogen and oxygen atoms in total. The van der Waals surface area contributed by atoms with Crippen LogP contribution in [0.2, 0.25) is 0 Å². The monoisotopic (exact) mass is 739 g/mol. The Balaban J connectivity index is 0.00000386. The molecule has 1 fully saturated rings. The minimum atomic E-state index is 0. The summed E-state index contributed by atoms with van der Waals surface area (Å²) in [7, 11) is 0. The number of hydrogen-bond donors (Lipinski definition) is 0. The van der Waals surface area contributed by atoms with Gasteiger partial charge in [0.2, 0.25) is 11.3 Å². The zero-order valence-corrected chi connectivity index (χ0v) is 30.2. The van der Waals surface area contributed by atoms with E-state index in [4.69, 9.17) is 14.7 Å². The van der Waals surface area contributed by atoms with Gasteiger partial charge in [-0.3, -0.25) is 13.7 Å². The summed E-state index contributed by atoms with van der Waals surface area (Å²) in [6.07, 6.45) is 7.58. The second kappa shape index (κ2) is 12.6. The normalized spacial score (nSPS) is 14.5. The number of fused-ring (bicyclic) bond motifs is 4. The lowest BCUT2D eigenvalue weighted by Gasteiger charge is -2.26. The van der Waals surface area contributed by atoms with Gasteiger partial charge in [-0.05, 0) is 39.7 Å². The third kappa shape index (κ3) is 5.92. The van der Waals surface area contributed by atoms with Crippen molar-refractivity contribution in [2.45, 2.75) is 58.9 Å². The van der Waals surface area contributed by atoms with E-state index in [-0.39, 0.29) is 34.8 Å². The number of rotatable bonds is 5. The van der Waals surface area contributed by atoms with Gasteiger partial charge in [0.05, 0.1) is 30.9 Å². The molecule has 2 aromatic carbocycles. The number of ether oxygens (including phenoxy) is 1. The molecule has 7 rings (SSSR count). The van der Waals surface area contributed by atoms with Crippen molar-refractivity contribution in [3.8, 4) is 28.5 Å². The highest BCUT2D eigenvalue weighted by atomic mass is 127. The van der Waals surface area contributed by atoms with Crippen LogP contribution in [-0.4, -0.2) is 56.5 Å². The van der Waals surface area contributed by atoms with Crippen molar-refractivity contribution < 1.29 is 33.3 Å². The Bertz CT molecular complexity index is 2100.